The highest BCUT2D eigenvalue weighted by Gasteiger charge is 2.23. The van der Waals surface area contributed by atoms with Crippen LogP contribution in [0.25, 0.3) is 0 Å². The molecule has 1 aromatic carbocycles. The van der Waals surface area contributed by atoms with Crippen molar-refractivity contribution in [1.82, 2.24) is 9.78 Å². The number of halogens is 1. The molecule has 20 heavy (non-hydrogen) atoms. The van der Waals surface area contributed by atoms with E-state index in [2.05, 4.69) is 12.0 Å². The fourth-order valence-electron chi connectivity index (χ4n) is 2.14. The first-order valence-corrected chi connectivity index (χ1v) is 7.04. The standard InChI is InChI=1S/C15H18ClN3O/c1-3-4-9-12-13(15(17)19(2)18-12)14(20)10-7-5-6-8-11(10)16/h5-8H,3-4,9,17H2,1-2H3. The van der Waals surface area contributed by atoms with E-state index in [1.807, 2.05) is 0 Å². The van der Waals surface area contributed by atoms with Crippen LogP contribution in [0.4, 0.5) is 5.82 Å². The van der Waals surface area contributed by atoms with Crippen LogP contribution < -0.4 is 5.73 Å². The normalized spacial score (nSPS) is 10.8. The van der Waals surface area contributed by atoms with Gasteiger partial charge in [0.05, 0.1) is 16.3 Å². The summed E-state index contributed by atoms with van der Waals surface area (Å²) in [4.78, 5) is 12.7. The maximum atomic E-state index is 12.7. The summed E-state index contributed by atoms with van der Waals surface area (Å²) in [5, 5.41) is 4.78. The molecule has 2 aromatic rings. The number of nitrogens with zero attached hydrogens (tertiary/aromatic N) is 2. The number of nitrogens with two attached hydrogens (primary N) is 1. The van der Waals surface area contributed by atoms with Crippen LogP contribution in [0.2, 0.25) is 5.02 Å². The average Bonchev–Trinajstić information content (AvgIpc) is 2.72. The number of ketones is 1. The van der Waals surface area contributed by atoms with Crippen LogP contribution in [0.5, 0.6) is 0 Å². The Labute approximate surface area is 123 Å². The highest BCUT2D eigenvalue weighted by atomic mass is 35.5. The zero-order valence-electron chi connectivity index (χ0n) is 11.7. The zero-order chi connectivity index (χ0) is 14.7. The van der Waals surface area contributed by atoms with Crippen LogP contribution in [0.1, 0.15) is 41.4 Å². The lowest BCUT2D eigenvalue weighted by molar-refractivity contribution is 0.103. The molecule has 0 unspecified atom stereocenters. The second kappa shape index (κ2) is 6.09. The van der Waals surface area contributed by atoms with Crippen molar-refractivity contribution >= 4 is 23.2 Å². The predicted octanol–water partition coefficient (Wildman–Crippen LogP) is 3.23. The van der Waals surface area contributed by atoms with Crippen molar-refractivity contribution in [1.29, 1.82) is 0 Å². The molecule has 0 saturated carbocycles. The molecule has 0 atom stereocenters. The molecule has 0 saturated heterocycles. The van der Waals surface area contributed by atoms with E-state index in [4.69, 9.17) is 17.3 Å². The van der Waals surface area contributed by atoms with Gasteiger partial charge in [-0.25, -0.2) is 0 Å². The van der Waals surface area contributed by atoms with E-state index in [-0.39, 0.29) is 5.78 Å². The van der Waals surface area contributed by atoms with E-state index < -0.39 is 0 Å². The molecule has 1 aromatic heterocycles. The van der Waals surface area contributed by atoms with Crippen LogP contribution in [0.15, 0.2) is 24.3 Å². The first kappa shape index (κ1) is 14.6. The first-order chi connectivity index (χ1) is 9.56. The largest absolute Gasteiger partial charge is 0.383 e. The summed E-state index contributed by atoms with van der Waals surface area (Å²) < 4.78 is 1.55. The van der Waals surface area contributed by atoms with E-state index >= 15 is 0 Å². The number of anilines is 1. The lowest BCUT2D eigenvalue weighted by Crippen LogP contribution is -2.08. The molecule has 0 fully saturated rings. The van der Waals surface area contributed by atoms with Gasteiger partial charge in [-0.1, -0.05) is 37.1 Å². The van der Waals surface area contributed by atoms with Gasteiger partial charge < -0.3 is 5.73 Å². The number of aromatic nitrogens is 2. The van der Waals surface area contributed by atoms with Gasteiger partial charge >= 0.3 is 0 Å². The van der Waals surface area contributed by atoms with E-state index in [1.165, 1.54) is 0 Å². The Morgan fingerprint density at radius 3 is 2.75 bits per heavy atom. The fraction of sp³-hybridized carbons (Fsp3) is 0.333. The average molecular weight is 292 g/mol. The molecule has 106 valence electrons. The van der Waals surface area contributed by atoms with Crippen molar-refractivity contribution in [3.8, 4) is 0 Å². The number of aryl methyl sites for hydroxylation is 2. The van der Waals surface area contributed by atoms with Crippen molar-refractivity contribution in [3.63, 3.8) is 0 Å². The molecule has 2 N–H and O–H groups in total. The monoisotopic (exact) mass is 291 g/mol. The van der Waals surface area contributed by atoms with E-state index in [0.29, 0.717) is 22.0 Å². The van der Waals surface area contributed by atoms with Gasteiger partial charge in [0.1, 0.15) is 5.82 Å². The Balaban J connectivity index is 2.46. The SMILES string of the molecule is CCCCc1nn(C)c(N)c1C(=O)c1ccccc1Cl. The minimum absolute atomic E-state index is 0.160. The number of unbranched alkanes of at least 4 members (excludes halogenated alkanes) is 1. The van der Waals surface area contributed by atoms with Gasteiger partial charge in [-0.15, -0.1) is 0 Å². The van der Waals surface area contributed by atoms with Crippen LogP contribution in [0.3, 0.4) is 0 Å². The summed E-state index contributed by atoms with van der Waals surface area (Å²) in [5.41, 5.74) is 7.69. The first-order valence-electron chi connectivity index (χ1n) is 6.66. The summed E-state index contributed by atoms with van der Waals surface area (Å²) in [6.45, 7) is 2.10. The van der Waals surface area contributed by atoms with Crippen LogP contribution in [0, 0.1) is 0 Å². The molecule has 0 radical (unpaired) electrons. The minimum atomic E-state index is -0.160. The third kappa shape index (κ3) is 2.70. The smallest absolute Gasteiger partial charge is 0.200 e. The quantitative estimate of drug-likeness (QED) is 0.860. The van der Waals surface area contributed by atoms with Crippen LogP contribution in [-0.4, -0.2) is 15.6 Å². The molecule has 0 bridgehead atoms. The Kier molecular flexibility index (Phi) is 4.45. The lowest BCUT2D eigenvalue weighted by Gasteiger charge is -2.05. The molecule has 2 rings (SSSR count). The molecule has 5 heteroatoms. The van der Waals surface area contributed by atoms with E-state index in [1.54, 1.807) is 36.0 Å². The Hall–Kier alpha value is -1.81. The minimum Gasteiger partial charge on any atom is -0.383 e. The van der Waals surface area contributed by atoms with Crippen molar-refractivity contribution in [2.75, 3.05) is 5.73 Å². The summed E-state index contributed by atoms with van der Waals surface area (Å²) in [7, 11) is 1.74. The summed E-state index contributed by atoms with van der Waals surface area (Å²) >= 11 is 6.10. The van der Waals surface area contributed by atoms with Crippen molar-refractivity contribution in [2.45, 2.75) is 26.2 Å². The summed E-state index contributed by atoms with van der Waals surface area (Å²) in [5.74, 6) is 0.230. The lowest BCUT2D eigenvalue weighted by atomic mass is 10.0. The second-order valence-corrected chi connectivity index (χ2v) is 5.15. The Morgan fingerprint density at radius 2 is 2.10 bits per heavy atom. The third-order valence-electron chi connectivity index (χ3n) is 3.28. The third-order valence-corrected chi connectivity index (χ3v) is 3.61. The zero-order valence-corrected chi connectivity index (χ0v) is 12.4. The number of hydrogen-bond acceptors (Lipinski definition) is 3. The number of carbonyl (C=O) groups is 1. The van der Waals surface area contributed by atoms with Crippen molar-refractivity contribution < 1.29 is 4.79 Å². The maximum Gasteiger partial charge on any atom is 0.200 e. The van der Waals surface area contributed by atoms with Gasteiger partial charge in [-0.3, -0.25) is 9.48 Å². The fourth-order valence-corrected chi connectivity index (χ4v) is 2.36. The number of hydrogen-bond donors (Lipinski definition) is 1. The second-order valence-electron chi connectivity index (χ2n) is 4.74. The molecule has 0 aliphatic heterocycles. The highest BCUT2D eigenvalue weighted by Crippen LogP contribution is 2.25. The maximum absolute atomic E-state index is 12.7. The summed E-state index contributed by atoms with van der Waals surface area (Å²) in [6, 6.07) is 6.99. The molecule has 0 aliphatic carbocycles. The van der Waals surface area contributed by atoms with Gasteiger partial charge in [0, 0.05) is 12.6 Å². The van der Waals surface area contributed by atoms with Gasteiger partial charge in [0.25, 0.3) is 0 Å². The van der Waals surface area contributed by atoms with Gasteiger partial charge in [-0.2, -0.15) is 5.10 Å². The number of rotatable bonds is 5. The molecule has 1 heterocycles. The summed E-state index contributed by atoms with van der Waals surface area (Å²) in [6.07, 6.45) is 2.75. The van der Waals surface area contributed by atoms with Crippen molar-refractivity contribution in [2.24, 2.45) is 7.05 Å². The Morgan fingerprint density at radius 1 is 1.40 bits per heavy atom. The topological polar surface area (TPSA) is 60.9 Å². The number of benzene rings is 1. The van der Waals surface area contributed by atoms with Crippen molar-refractivity contribution in [3.05, 3.63) is 46.1 Å². The van der Waals surface area contributed by atoms with E-state index in [0.717, 1.165) is 25.0 Å². The molecule has 0 amide bonds. The Bertz CT molecular complexity index is 634. The number of carbonyl (C=O) groups excluding carboxylic acids is 1. The van der Waals surface area contributed by atoms with Gasteiger partial charge in [0.2, 0.25) is 0 Å². The highest BCUT2D eigenvalue weighted by molar-refractivity contribution is 6.35. The molecular formula is C15H18ClN3O. The van der Waals surface area contributed by atoms with E-state index in [9.17, 15) is 4.79 Å². The number of nitrogen functional groups attached to an aromatic ring is 1. The van der Waals surface area contributed by atoms with Crippen LogP contribution in [-0.2, 0) is 13.5 Å². The molecule has 0 aliphatic rings. The molecule has 0 spiro atoms. The predicted molar refractivity (Wildman–Crippen MR) is 81.1 cm³/mol. The molecule has 4 nitrogen and oxygen atoms in total. The van der Waals surface area contributed by atoms with Gasteiger partial charge in [-0.05, 0) is 25.0 Å². The van der Waals surface area contributed by atoms with Crippen LogP contribution >= 0.6 is 11.6 Å². The molecular weight excluding hydrogens is 274 g/mol. The van der Waals surface area contributed by atoms with Gasteiger partial charge in [0.15, 0.2) is 5.78 Å².